The molecule has 11 heteroatoms. The molecule has 0 spiro atoms. The lowest BCUT2D eigenvalue weighted by Crippen LogP contribution is -2.43. The van der Waals surface area contributed by atoms with Crippen molar-refractivity contribution in [1.29, 1.82) is 0 Å². The van der Waals surface area contributed by atoms with E-state index in [0.717, 1.165) is 6.07 Å². The molecule has 32 heavy (non-hydrogen) atoms. The fourth-order valence-electron chi connectivity index (χ4n) is 3.19. The van der Waals surface area contributed by atoms with Gasteiger partial charge in [-0.3, -0.25) is 19.7 Å². The van der Waals surface area contributed by atoms with Crippen LogP contribution in [0.5, 0.6) is 0 Å². The molecule has 0 unspecified atom stereocenters. The van der Waals surface area contributed by atoms with Crippen LogP contribution >= 0.6 is 0 Å². The summed E-state index contributed by atoms with van der Waals surface area (Å²) in [5.74, 6) is -1.23. The second-order valence-electron chi connectivity index (χ2n) is 8.47. The number of nitrogens with zero attached hydrogens (tertiary/aromatic N) is 2. The first kappa shape index (κ1) is 25.1. The van der Waals surface area contributed by atoms with Crippen molar-refractivity contribution in [2.45, 2.75) is 39.2 Å². The van der Waals surface area contributed by atoms with Gasteiger partial charge in [0.05, 0.1) is 22.8 Å². The first-order valence-electron chi connectivity index (χ1n) is 10.4. The van der Waals surface area contributed by atoms with E-state index in [0.29, 0.717) is 25.9 Å². The highest BCUT2D eigenvalue weighted by atomic mass is 16.6. The summed E-state index contributed by atoms with van der Waals surface area (Å²) >= 11 is 0. The van der Waals surface area contributed by atoms with Gasteiger partial charge >= 0.3 is 6.09 Å². The first-order chi connectivity index (χ1) is 15.0. The molecule has 1 fully saturated rings. The summed E-state index contributed by atoms with van der Waals surface area (Å²) in [6.07, 6.45) is 0.461. The Bertz CT molecular complexity index is 858. The van der Waals surface area contributed by atoms with Crippen molar-refractivity contribution in [3.63, 3.8) is 0 Å². The van der Waals surface area contributed by atoms with E-state index in [1.165, 1.54) is 19.2 Å². The lowest BCUT2D eigenvalue weighted by atomic mass is 9.96. The van der Waals surface area contributed by atoms with Crippen LogP contribution in [0.4, 0.5) is 16.2 Å². The molecule has 0 radical (unpaired) electrons. The number of hydrogen-bond acceptors (Lipinski definition) is 7. The Morgan fingerprint density at radius 2 is 1.88 bits per heavy atom. The quantitative estimate of drug-likeness (QED) is 0.369. The molecular formula is C21H30N4O7. The fraction of sp³-hybridized carbons (Fsp3) is 0.571. The Balaban J connectivity index is 2.05. The Morgan fingerprint density at radius 3 is 2.44 bits per heavy atom. The summed E-state index contributed by atoms with van der Waals surface area (Å²) in [7, 11) is 1.49. The minimum absolute atomic E-state index is 0.00477. The molecule has 0 aliphatic carbocycles. The number of likely N-dealkylation sites (tertiary alicyclic amines) is 1. The molecule has 1 aromatic rings. The summed E-state index contributed by atoms with van der Waals surface area (Å²) in [4.78, 5) is 49.6. The lowest BCUT2D eigenvalue weighted by molar-refractivity contribution is -0.384. The highest BCUT2D eigenvalue weighted by molar-refractivity contribution is 6.04. The molecule has 0 atom stereocenters. The van der Waals surface area contributed by atoms with Crippen molar-refractivity contribution >= 4 is 29.3 Å². The van der Waals surface area contributed by atoms with Gasteiger partial charge in [-0.05, 0) is 39.7 Å². The van der Waals surface area contributed by atoms with Gasteiger partial charge in [-0.1, -0.05) is 0 Å². The minimum atomic E-state index is -0.607. The number of piperidine rings is 1. The highest BCUT2D eigenvalue weighted by Gasteiger charge is 2.30. The van der Waals surface area contributed by atoms with Crippen LogP contribution in [0, 0.1) is 16.0 Å². The maximum Gasteiger partial charge on any atom is 0.410 e. The van der Waals surface area contributed by atoms with Gasteiger partial charge in [0.15, 0.2) is 0 Å². The number of nitro groups is 1. The molecule has 1 aromatic carbocycles. The van der Waals surface area contributed by atoms with E-state index >= 15 is 0 Å². The molecule has 176 valence electrons. The average Bonchev–Trinajstić information content (AvgIpc) is 2.72. The van der Waals surface area contributed by atoms with Crippen LogP contribution in [0.3, 0.4) is 0 Å². The molecule has 1 saturated heterocycles. The van der Waals surface area contributed by atoms with Gasteiger partial charge in [0.2, 0.25) is 5.91 Å². The van der Waals surface area contributed by atoms with Crippen molar-refractivity contribution in [3.05, 3.63) is 33.9 Å². The zero-order valence-corrected chi connectivity index (χ0v) is 18.8. The van der Waals surface area contributed by atoms with Crippen LogP contribution in [-0.4, -0.2) is 66.7 Å². The number of nitro benzene ring substituents is 1. The molecule has 1 aliphatic heterocycles. The van der Waals surface area contributed by atoms with Crippen LogP contribution in [0.2, 0.25) is 0 Å². The number of carbonyl (C=O) groups excluding carboxylic acids is 3. The van der Waals surface area contributed by atoms with Gasteiger partial charge in [0.25, 0.3) is 11.6 Å². The number of rotatable bonds is 7. The fourth-order valence-corrected chi connectivity index (χ4v) is 3.19. The third-order valence-electron chi connectivity index (χ3n) is 4.83. The van der Waals surface area contributed by atoms with Gasteiger partial charge in [0.1, 0.15) is 5.60 Å². The number of hydrogen-bond donors (Lipinski definition) is 2. The molecule has 2 rings (SSSR count). The topological polar surface area (TPSA) is 140 Å². The van der Waals surface area contributed by atoms with Gasteiger partial charge in [-0.2, -0.15) is 0 Å². The predicted octanol–water partition coefficient (Wildman–Crippen LogP) is 2.56. The van der Waals surface area contributed by atoms with Crippen molar-refractivity contribution in [2.75, 3.05) is 38.7 Å². The lowest BCUT2D eigenvalue weighted by Gasteiger charge is -2.33. The minimum Gasteiger partial charge on any atom is -0.444 e. The summed E-state index contributed by atoms with van der Waals surface area (Å²) in [5.41, 5.74) is -0.674. The van der Waals surface area contributed by atoms with Gasteiger partial charge in [-0.25, -0.2) is 4.79 Å². The Kier molecular flexibility index (Phi) is 8.53. The average molecular weight is 450 g/mol. The SMILES string of the molecule is COCCNC(=O)c1cc([N+](=O)[O-])ccc1NC(=O)C1CCN(C(=O)OC(C)(C)C)CC1. The van der Waals surface area contributed by atoms with E-state index in [2.05, 4.69) is 10.6 Å². The second kappa shape index (κ2) is 10.9. The van der Waals surface area contributed by atoms with Gasteiger partial charge < -0.3 is 25.0 Å². The number of ether oxygens (including phenoxy) is 2. The Morgan fingerprint density at radius 1 is 1.22 bits per heavy atom. The predicted molar refractivity (Wildman–Crippen MR) is 116 cm³/mol. The van der Waals surface area contributed by atoms with E-state index in [4.69, 9.17) is 9.47 Å². The third-order valence-corrected chi connectivity index (χ3v) is 4.83. The molecule has 1 aliphatic rings. The van der Waals surface area contributed by atoms with Crippen molar-refractivity contribution in [1.82, 2.24) is 10.2 Å². The summed E-state index contributed by atoms with van der Waals surface area (Å²) < 4.78 is 10.2. The van der Waals surface area contributed by atoms with E-state index in [9.17, 15) is 24.5 Å². The number of carbonyl (C=O) groups is 3. The number of amides is 3. The van der Waals surface area contributed by atoms with Gasteiger partial charge in [-0.15, -0.1) is 0 Å². The van der Waals surface area contributed by atoms with Crippen LogP contribution in [0.15, 0.2) is 18.2 Å². The van der Waals surface area contributed by atoms with Crippen molar-refractivity contribution < 1.29 is 28.8 Å². The second-order valence-corrected chi connectivity index (χ2v) is 8.47. The normalized spacial score (nSPS) is 14.6. The number of nitrogens with one attached hydrogen (secondary N) is 2. The maximum atomic E-state index is 12.8. The Labute approximate surface area is 186 Å². The number of methoxy groups -OCH3 is 1. The van der Waals surface area contributed by atoms with E-state index in [1.54, 1.807) is 25.7 Å². The maximum absolute atomic E-state index is 12.8. The van der Waals surface area contributed by atoms with Crippen molar-refractivity contribution in [3.8, 4) is 0 Å². The van der Waals surface area contributed by atoms with Crippen LogP contribution < -0.4 is 10.6 Å². The van der Waals surface area contributed by atoms with E-state index < -0.39 is 22.5 Å². The molecule has 3 amide bonds. The summed E-state index contributed by atoms with van der Waals surface area (Å²) in [5, 5.41) is 16.4. The molecule has 0 bridgehead atoms. The summed E-state index contributed by atoms with van der Waals surface area (Å²) in [6, 6.07) is 3.70. The van der Waals surface area contributed by atoms with E-state index in [1.807, 2.05) is 0 Å². The monoisotopic (exact) mass is 450 g/mol. The van der Waals surface area contributed by atoms with E-state index in [-0.39, 0.29) is 41.9 Å². The van der Waals surface area contributed by atoms with Crippen LogP contribution in [-0.2, 0) is 14.3 Å². The molecule has 2 N–H and O–H groups in total. The van der Waals surface area contributed by atoms with Crippen LogP contribution in [0.25, 0.3) is 0 Å². The molecule has 0 aromatic heterocycles. The molecule has 0 saturated carbocycles. The Hall–Kier alpha value is -3.21. The van der Waals surface area contributed by atoms with Crippen LogP contribution in [0.1, 0.15) is 44.0 Å². The standard InChI is InChI=1S/C21H30N4O7/c1-21(2,3)32-20(28)24-10-7-14(8-11-24)18(26)23-17-6-5-15(25(29)30)13-16(17)19(27)22-9-12-31-4/h5-6,13-14H,7-12H2,1-4H3,(H,22,27)(H,23,26). The molecule has 1 heterocycles. The molecule has 11 nitrogen and oxygen atoms in total. The van der Waals surface area contributed by atoms with Gasteiger partial charge in [0, 0.05) is 44.8 Å². The van der Waals surface area contributed by atoms with Crippen molar-refractivity contribution in [2.24, 2.45) is 5.92 Å². The zero-order chi connectivity index (χ0) is 23.9. The highest BCUT2D eigenvalue weighted by Crippen LogP contribution is 2.25. The molecular weight excluding hydrogens is 420 g/mol. The number of anilines is 1. The summed E-state index contributed by atoms with van der Waals surface area (Å²) in [6.45, 7) is 6.61. The zero-order valence-electron chi connectivity index (χ0n) is 18.8. The third kappa shape index (κ3) is 7.19. The number of benzene rings is 1. The first-order valence-corrected chi connectivity index (χ1v) is 10.4. The smallest absolute Gasteiger partial charge is 0.410 e. The largest absolute Gasteiger partial charge is 0.444 e. The number of non-ortho nitro benzene ring substituents is 1.